The van der Waals surface area contributed by atoms with Crippen LogP contribution in [-0.4, -0.2) is 65.5 Å². The minimum Gasteiger partial charge on any atom is -0.353 e. The standard InChI is InChI=1S/C20H27N5O2/c1-14(2)21-19(26)13-24-9-11-25(12-10-24)20(27)23-18-6-4-5-17-16(18)8-7-15(3)22-17/h4-8,14H,9-13H2,1-3H3,(H,21,26)(H,23,27). The molecule has 0 radical (unpaired) electrons. The minimum absolute atomic E-state index is 0.0291. The van der Waals surface area contributed by atoms with Crippen LogP contribution in [0.1, 0.15) is 19.5 Å². The maximum atomic E-state index is 12.6. The van der Waals surface area contributed by atoms with Gasteiger partial charge in [0, 0.05) is 43.3 Å². The summed E-state index contributed by atoms with van der Waals surface area (Å²) in [6.07, 6.45) is 0. The largest absolute Gasteiger partial charge is 0.353 e. The molecule has 1 aromatic heterocycles. The Morgan fingerprint density at radius 1 is 1.11 bits per heavy atom. The smallest absolute Gasteiger partial charge is 0.321 e. The van der Waals surface area contributed by atoms with E-state index in [1.807, 2.05) is 51.1 Å². The molecule has 7 heteroatoms. The van der Waals surface area contributed by atoms with Gasteiger partial charge in [0.2, 0.25) is 5.91 Å². The van der Waals surface area contributed by atoms with E-state index in [1.165, 1.54) is 0 Å². The molecule has 1 aliphatic heterocycles. The molecule has 0 unspecified atom stereocenters. The predicted molar refractivity (Wildman–Crippen MR) is 107 cm³/mol. The number of aromatic nitrogens is 1. The van der Waals surface area contributed by atoms with Crippen LogP contribution < -0.4 is 10.6 Å². The first-order valence-corrected chi connectivity index (χ1v) is 9.36. The van der Waals surface area contributed by atoms with Crippen molar-refractivity contribution in [2.24, 2.45) is 0 Å². The number of pyridine rings is 1. The second kappa shape index (κ2) is 8.35. The van der Waals surface area contributed by atoms with E-state index in [-0.39, 0.29) is 18.0 Å². The van der Waals surface area contributed by atoms with E-state index in [0.717, 1.165) is 22.3 Å². The second-order valence-electron chi connectivity index (χ2n) is 7.24. The van der Waals surface area contributed by atoms with Gasteiger partial charge in [0.15, 0.2) is 0 Å². The summed E-state index contributed by atoms with van der Waals surface area (Å²) in [6.45, 7) is 8.80. The molecule has 3 amide bonds. The molecular weight excluding hydrogens is 342 g/mol. The Morgan fingerprint density at radius 2 is 1.85 bits per heavy atom. The molecule has 3 rings (SSSR count). The van der Waals surface area contributed by atoms with Crippen molar-refractivity contribution in [1.29, 1.82) is 0 Å². The fourth-order valence-corrected chi connectivity index (χ4v) is 3.24. The highest BCUT2D eigenvalue weighted by Crippen LogP contribution is 2.22. The molecule has 0 spiro atoms. The molecule has 1 fully saturated rings. The molecule has 0 saturated carbocycles. The Kier molecular flexibility index (Phi) is 5.91. The zero-order valence-electron chi connectivity index (χ0n) is 16.2. The maximum absolute atomic E-state index is 12.6. The van der Waals surface area contributed by atoms with Gasteiger partial charge in [0.05, 0.1) is 17.7 Å². The lowest BCUT2D eigenvalue weighted by molar-refractivity contribution is -0.123. The van der Waals surface area contributed by atoms with Crippen LogP contribution in [0.4, 0.5) is 10.5 Å². The number of hydrogen-bond donors (Lipinski definition) is 2. The lowest BCUT2D eigenvalue weighted by atomic mass is 10.1. The molecule has 1 aromatic carbocycles. The molecule has 0 bridgehead atoms. The Bertz CT molecular complexity index is 828. The maximum Gasteiger partial charge on any atom is 0.321 e. The van der Waals surface area contributed by atoms with E-state index >= 15 is 0 Å². The van der Waals surface area contributed by atoms with Crippen LogP contribution in [0, 0.1) is 6.92 Å². The monoisotopic (exact) mass is 369 g/mol. The number of carbonyl (C=O) groups excluding carboxylic acids is 2. The van der Waals surface area contributed by atoms with E-state index in [4.69, 9.17) is 0 Å². The summed E-state index contributed by atoms with van der Waals surface area (Å²) in [4.78, 5) is 32.9. The van der Waals surface area contributed by atoms with Crippen LogP contribution in [-0.2, 0) is 4.79 Å². The van der Waals surface area contributed by atoms with Crippen molar-refractivity contribution in [2.75, 3.05) is 38.0 Å². The summed E-state index contributed by atoms with van der Waals surface area (Å²) in [5, 5.41) is 6.83. The molecule has 0 aliphatic carbocycles. The Labute approximate surface area is 159 Å². The van der Waals surface area contributed by atoms with Crippen molar-refractivity contribution in [2.45, 2.75) is 26.8 Å². The molecule has 27 heavy (non-hydrogen) atoms. The van der Waals surface area contributed by atoms with Gasteiger partial charge in [-0.1, -0.05) is 6.07 Å². The summed E-state index contributed by atoms with van der Waals surface area (Å²) in [6, 6.07) is 9.69. The van der Waals surface area contributed by atoms with Crippen LogP contribution in [0.25, 0.3) is 10.9 Å². The minimum atomic E-state index is -0.116. The quantitative estimate of drug-likeness (QED) is 0.866. The number of fused-ring (bicyclic) bond motifs is 1. The highest BCUT2D eigenvalue weighted by Gasteiger charge is 2.23. The first kappa shape index (κ1) is 19.1. The molecule has 2 heterocycles. The number of nitrogens with one attached hydrogen (secondary N) is 2. The lowest BCUT2D eigenvalue weighted by Crippen LogP contribution is -2.52. The van der Waals surface area contributed by atoms with Gasteiger partial charge in [-0.15, -0.1) is 0 Å². The third kappa shape index (κ3) is 4.95. The van der Waals surface area contributed by atoms with Gasteiger partial charge in [0.1, 0.15) is 0 Å². The Balaban J connectivity index is 1.57. The van der Waals surface area contributed by atoms with E-state index in [9.17, 15) is 9.59 Å². The zero-order valence-corrected chi connectivity index (χ0v) is 16.2. The summed E-state index contributed by atoms with van der Waals surface area (Å²) in [5.41, 5.74) is 2.58. The molecular formula is C20H27N5O2. The number of benzene rings is 1. The molecule has 1 saturated heterocycles. The van der Waals surface area contributed by atoms with Gasteiger partial charge in [-0.2, -0.15) is 0 Å². The van der Waals surface area contributed by atoms with Crippen molar-refractivity contribution >= 4 is 28.5 Å². The number of amides is 3. The second-order valence-corrected chi connectivity index (χ2v) is 7.24. The van der Waals surface area contributed by atoms with Gasteiger partial charge < -0.3 is 15.5 Å². The van der Waals surface area contributed by atoms with Gasteiger partial charge in [-0.3, -0.25) is 14.7 Å². The number of urea groups is 1. The molecule has 2 aromatic rings. The van der Waals surface area contributed by atoms with Crippen LogP contribution in [0.5, 0.6) is 0 Å². The first-order valence-electron chi connectivity index (χ1n) is 9.36. The SMILES string of the molecule is Cc1ccc2c(NC(=O)N3CCN(CC(=O)NC(C)C)CC3)cccc2n1. The molecule has 2 N–H and O–H groups in total. The first-order chi connectivity index (χ1) is 12.9. The molecule has 7 nitrogen and oxygen atoms in total. The van der Waals surface area contributed by atoms with Crippen molar-refractivity contribution in [3.05, 3.63) is 36.0 Å². The number of carbonyl (C=O) groups is 2. The van der Waals surface area contributed by atoms with Crippen LogP contribution >= 0.6 is 0 Å². The van der Waals surface area contributed by atoms with Gasteiger partial charge in [-0.05, 0) is 45.0 Å². The fraction of sp³-hybridized carbons (Fsp3) is 0.450. The van der Waals surface area contributed by atoms with Gasteiger partial charge in [-0.25, -0.2) is 4.79 Å². The lowest BCUT2D eigenvalue weighted by Gasteiger charge is -2.34. The number of anilines is 1. The van der Waals surface area contributed by atoms with Gasteiger partial charge >= 0.3 is 6.03 Å². The van der Waals surface area contributed by atoms with Crippen molar-refractivity contribution < 1.29 is 9.59 Å². The molecule has 0 atom stereocenters. The summed E-state index contributed by atoms with van der Waals surface area (Å²) in [7, 11) is 0. The average molecular weight is 369 g/mol. The Hall–Kier alpha value is -2.67. The number of hydrogen-bond acceptors (Lipinski definition) is 4. The van der Waals surface area contributed by atoms with Crippen LogP contribution in [0.15, 0.2) is 30.3 Å². The highest BCUT2D eigenvalue weighted by molar-refractivity contribution is 6.00. The Morgan fingerprint density at radius 3 is 2.56 bits per heavy atom. The highest BCUT2D eigenvalue weighted by atomic mass is 16.2. The third-order valence-corrected chi connectivity index (χ3v) is 4.59. The summed E-state index contributed by atoms with van der Waals surface area (Å²) >= 11 is 0. The number of nitrogens with zero attached hydrogens (tertiary/aromatic N) is 3. The van der Waals surface area contributed by atoms with Crippen molar-refractivity contribution in [3.8, 4) is 0 Å². The van der Waals surface area contributed by atoms with E-state index < -0.39 is 0 Å². The number of piperazine rings is 1. The van der Waals surface area contributed by atoms with E-state index in [0.29, 0.717) is 32.7 Å². The molecule has 1 aliphatic rings. The van der Waals surface area contributed by atoms with Gasteiger partial charge in [0.25, 0.3) is 0 Å². The zero-order chi connectivity index (χ0) is 19.4. The summed E-state index contributed by atoms with van der Waals surface area (Å²) in [5.74, 6) is 0.0291. The third-order valence-electron chi connectivity index (χ3n) is 4.59. The fourth-order valence-electron chi connectivity index (χ4n) is 3.24. The predicted octanol–water partition coefficient (Wildman–Crippen LogP) is 2.22. The van der Waals surface area contributed by atoms with Crippen LogP contribution in [0.3, 0.4) is 0 Å². The average Bonchev–Trinajstić information content (AvgIpc) is 2.61. The molecule has 144 valence electrons. The summed E-state index contributed by atoms with van der Waals surface area (Å²) < 4.78 is 0. The van der Waals surface area contributed by atoms with Crippen molar-refractivity contribution in [3.63, 3.8) is 0 Å². The van der Waals surface area contributed by atoms with E-state index in [1.54, 1.807) is 4.90 Å². The van der Waals surface area contributed by atoms with Crippen molar-refractivity contribution in [1.82, 2.24) is 20.1 Å². The van der Waals surface area contributed by atoms with Crippen LogP contribution in [0.2, 0.25) is 0 Å². The van der Waals surface area contributed by atoms with E-state index in [2.05, 4.69) is 20.5 Å². The number of aryl methyl sites for hydroxylation is 1. The topological polar surface area (TPSA) is 77.6 Å². The normalized spacial score (nSPS) is 15.2. The number of rotatable bonds is 4.